The van der Waals surface area contributed by atoms with E-state index in [0.29, 0.717) is 11.8 Å². The maximum atomic E-state index is 9.48. The second-order valence-corrected chi connectivity index (χ2v) is 6.81. The number of rotatable bonds is 5. The molecule has 1 saturated heterocycles. The predicted molar refractivity (Wildman–Crippen MR) is 100 cm³/mol. The van der Waals surface area contributed by atoms with E-state index in [9.17, 15) is 5.11 Å². The van der Waals surface area contributed by atoms with Crippen molar-refractivity contribution in [3.05, 3.63) is 47.2 Å². The molecule has 0 unspecified atom stereocenters. The lowest BCUT2D eigenvalue weighted by Crippen LogP contribution is -2.53. The van der Waals surface area contributed by atoms with E-state index in [2.05, 4.69) is 51.0 Å². The molecule has 1 aliphatic rings. The van der Waals surface area contributed by atoms with Gasteiger partial charge in [-0.2, -0.15) is 4.98 Å². The van der Waals surface area contributed by atoms with E-state index < -0.39 is 0 Å². The average molecular weight is 341 g/mol. The Hall–Kier alpha value is -2.18. The van der Waals surface area contributed by atoms with Crippen molar-refractivity contribution in [3.8, 4) is 0 Å². The molecule has 2 aromatic rings. The SMILES string of the molecule is Cc1ccc(CN2CCN(c3ncc(C)c(N)n3)C[C@H]2CCO)cc1. The highest BCUT2D eigenvalue weighted by molar-refractivity contribution is 5.44. The first-order valence-corrected chi connectivity index (χ1v) is 8.81. The molecule has 0 saturated carbocycles. The molecule has 1 aromatic carbocycles. The van der Waals surface area contributed by atoms with Crippen molar-refractivity contribution in [2.24, 2.45) is 0 Å². The van der Waals surface area contributed by atoms with Crippen LogP contribution in [0.5, 0.6) is 0 Å². The van der Waals surface area contributed by atoms with Crippen LogP contribution < -0.4 is 10.6 Å². The summed E-state index contributed by atoms with van der Waals surface area (Å²) in [4.78, 5) is 13.5. The van der Waals surface area contributed by atoms with Gasteiger partial charge in [0.2, 0.25) is 5.95 Å². The maximum absolute atomic E-state index is 9.48. The third kappa shape index (κ3) is 4.27. The van der Waals surface area contributed by atoms with Gasteiger partial charge in [0, 0.05) is 50.6 Å². The number of aliphatic hydroxyl groups is 1. The zero-order valence-electron chi connectivity index (χ0n) is 15.0. The minimum Gasteiger partial charge on any atom is -0.396 e. The minimum absolute atomic E-state index is 0.180. The molecular formula is C19H27N5O. The summed E-state index contributed by atoms with van der Waals surface area (Å²) in [5.74, 6) is 1.21. The number of piperazine rings is 1. The first-order chi connectivity index (χ1) is 12.1. The first kappa shape index (κ1) is 17.6. The van der Waals surface area contributed by atoms with E-state index in [1.54, 1.807) is 6.20 Å². The lowest BCUT2D eigenvalue weighted by molar-refractivity contribution is 0.135. The van der Waals surface area contributed by atoms with Crippen LogP contribution >= 0.6 is 0 Å². The van der Waals surface area contributed by atoms with Crippen LogP contribution in [0.4, 0.5) is 11.8 Å². The summed E-state index contributed by atoms with van der Waals surface area (Å²) in [5.41, 5.74) is 9.41. The zero-order chi connectivity index (χ0) is 17.8. The van der Waals surface area contributed by atoms with Crippen LogP contribution in [0.2, 0.25) is 0 Å². The van der Waals surface area contributed by atoms with Crippen molar-refractivity contribution in [2.45, 2.75) is 32.9 Å². The fourth-order valence-corrected chi connectivity index (χ4v) is 3.23. The molecule has 6 nitrogen and oxygen atoms in total. The summed E-state index contributed by atoms with van der Waals surface area (Å²) < 4.78 is 0. The maximum Gasteiger partial charge on any atom is 0.227 e. The van der Waals surface area contributed by atoms with Gasteiger partial charge in [-0.3, -0.25) is 4.90 Å². The van der Waals surface area contributed by atoms with Gasteiger partial charge in [0.05, 0.1) is 0 Å². The number of aromatic nitrogens is 2. The zero-order valence-corrected chi connectivity index (χ0v) is 15.0. The van der Waals surface area contributed by atoms with Crippen LogP contribution in [-0.2, 0) is 6.54 Å². The summed E-state index contributed by atoms with van der Waals surface area (Å²) in [6.07, 6.45) is 2.51. The summed E-state index contributed by atoms with van der Waals surface area (Å²) in [6.45, 7) is 7.66. The Morgan fingerprint density at radius 3 is 2.64 bits per heavy atom. The summed E-state index contributed by atoms with van der Waals surface area (Å²) in [5, 5.41) is 9.48. The van der Waals surface area contributed by atoms with Gasteiger partial charge in [0.15, 0.2) is 0 Å². The number of anilines is 2. The number of hydrogen-bond donors (Lipinski definition) is 2. The van der Waals surface area contributed by atoms with E-state index in [1.807, 2.05) is 6.92 Å². The molecule has 0 radical (unpaired) electrons. The van der Waals surface area contributed by atoms with Crippen LogP contribution in [0.15, 0.2) is 30.5 Å². The van der Waals surface area contributed by atoms with Crippen LogP contribution in [0.1, 0.15) is 23.1 Å². The highest BCUT2D eigenvalue weighted by Gasteiger charge is 2.28. The fraction of sp³-hybridized carbons (Fsp3) is 0.474. The molecule has 1 aromatic heterocycles. The third-order valence-corrected chi connectivity index (χ3v) is 4.85. The fourth-order valence-electron chi connectivity index (χ4n) is 3.23. The molecule has 6 heteroatoms. The van der Waals surface area contributed by atoms with Crippen LogP contribution in [0.3, 0.4) is 0 Å². The Bertz CT molecular complexity index is 703. The van der Waals surface area contributed by atoms with Gasteiger partial charge < -0.3 is 15.7 Å². The number of nitrogen functional groups attached to an aromatic ring is 1. The molecule has 2 heterocycles. The van der Waals surface area contributed by atoms with Crippen LogP contribution in [-0.4, -0.2) is 52.3 Å². The quantitative estimate of drug-likeness (QED) is 0.863. The average Bonchev–Trinajstić information content (AvgIpc) is 2.61. The van der Waals surface area contributed by atoms with Crippen molar-refractivity contribution in [3.63, 3.8) is 0 Å². The first-order valence-electron chi connectivity index (χ1n) is 8.81. The molecule has 1 fully saturated rings. The number of hydrogen-bond acceptors (Lipinski definition) is 6. The van der Waals surface area contributed by atoms with Crippen molar-refractivity contribution in [1.82, 2.24) is 14.9 Å². The van der Waals surface area contributed by atoms with Gasteiger partial charge in [0.25, 0.3) is 0 Å². The van der Waals surface area contributed by atoms with Gasteiger partial charge >= 0.3 is 0 Å². The Morgan fingerprint density at radius 1 is 1.20 bits per heavy atom. The molecule has 0 aliphatic carbocycles. The summed E-state index contributed by atoms with van der Waals surface area (Å²) in [6, 6.07) is 8.93. The monoisotopic (exact) mass is 341 g/mol. The lowest BCUT2D eigenvalue weighted by Gasteiger charge is -2.41. The second kappa shape index (κ2) is 7.80. The number of nitrogens with zero attached hydrogens (tertiary/aromatic N) is 4. The normalized spacial score (nSPS) is 18.5. The van der Waals surface area contributed by atoms with Gasteiger partial charge in [0.1, 0.15) is 5.82 Å². The van der Waals surface area contributed by atoms with Crippen LogP contribution in [0, 0.1) is 13.8 Å². The number of nitrogens with two attached hydrogens (primary N) is 1. The topological polar surface area (TPSA) is 78.5 Å². The standard InChI is InChI=1S/C19H27N5O/c1-14-3-5-16(6-4-14)12-23-8-9-24(13-17(23)7-10-25)19-21-11-15(2)18(20)22-19/h3-6,11,17,25H,7-10,12-13H2,1-2H3,(H2,20,21,22)/t17-/m1/s1. The van der Waals surface area contributed by atoms with Crippen molar-refractivity contribution in [2.75, 3.05) is 36.9 Å². The van der Waals surface area contributed by atoms with Gasteiger partial charge in [-0.1, -0.05) is 29.8 Å². The van der Waals surface area contributed by atoms with E-state index in [4.69, 9.17) is 5.73 Å². The van der Waals surface area contributed by atoms with E-state index in [-0.39, 0.29) is 12.6 Å². The largest absolute Gasteiger partial charge is 0.396 e. The number of aliphatic hydroxyl groups excluding tert-OH is 1. The Morgan fingerprint density at radius 2 is 1.96 bits per heavy atom. The molecule has 3 rings (SSSR count). The van der Waals surface area contributed by atoms with E-state index in [0.717, 1.165) is 38.2 Å². The van der Waals surface area contributed by atoms with Gasteiger partial charge in [-0.05, 0) is 25.8 Å². The Labute approximate surface area is 149 Å². The lowest BCUT2D eigenvalue weighted by atomic mass is 10.1. The molecular weight excluding hydrogens is 314 g/mol. The molecule has 0 amide bonds. The van der Waals surface area contributed by atoms with Crippen LogP contribution in [0.25, 0.3) is 0 Å². The van der Waals surface area contributed by atoms with Gasteiger partial charge in [-0.25, -0.2) is 4.98 Å². The highest BCUT2D eigenvalue weighted by atomic mass is 16.3. The molecule has 0 spiro atoms. The number of aryl methyl sites for hydroxylation is 2. The smallest absolute Gasteiger partial charge is 0.227 e. The van der Waals surface area contributed by atoms with E-state index >= 15 is 0 Å². The second-order valence-electron chi connectivity index (χ2n) is 6.81. The highest BCUT2D eigenvalue weighted by Crippen LogP contribution is 2.21. The third-order valence-electron chi connectivity index (χ3n) is 4.85. The van der Waals surface area contributed by atoms with Crippen molar-refractivity contribution in [1.29, 1.82) is 0 Å². The van der Waals surface area contributed by atoms with Crippen molar-refractivity contribution >= 4 is 11.8 Å². The predicted octanol–water partition coefficient (Wildman–Crippen LogP) is 1.75. The molecule has 3 N–H and O–H groups in total. The molecule has 1 atom stereocenters. The van der Waals surface area contributed by atoms with Gasteiger partial charge in [-0.15, -0.1) is 0 Å². The molecule has 134 valence electrons. The van der Waals surface area contributed by atoms with Crippen molar-refractivity contribution < 1.29 is 5.11 Å². The Kier molecular flexibility index (Phi) is 5.50. The summed E-state index contributed by atoms with van der Waals surface area (Å²) in [7, 11) is 0. The minimum atomic E-state index is 0.180. The van der Waals surface area contributed by atoms with E-state index in [1.165, 1.54) is 11.1 Å². The molecule has 1 aliphatic heterocycles. The molecule has 25 heavy (non-hydrogen) atoms. The summed E-state index contributed by atoms with van der Waals surface area (Å²) >= 11 is 0. The number of benzene rings is 1. The Balaban J connectivity index is 1.71. The molecule has 0 bridgehead atoms.